The Morgan fingerprint density at radius 2 is 1.88 bits per heavy atom. The van der Waals surface area contributed by atoms with Crippen LogP contribution < -0.4 is 10.1 Å². The van der Waals surface area contributed by atoms with Crippen molar-refractivity contribution in [2.45, 2.75) is 12.2 Å². The molecule has 1 aromatic carbocycles. The maximum atomic E-state index is 12.2. The van der Waals surface area contributed by atoms with Gasteiger partial charge in [0.1, 0.15) is 5.69 Å². The molecule has 0 aliphatic carbocycles. The monoisotopic (exact) mass is 340 g/mol. The van der Waals surface area contributed by atoms with Crippen molar-refractivity contribution in [3.63, 3.8) is 0 Å². The van der Waals surface area contributed by atoms with Gasteiger partial charge < -0.3 is 15.2 Å². The normalized spacial score (nSPS) is 12.5. The standard InChI is InChI=1S/C16H15F3N2O3/c17-16(18,19)10-24-14-8-4-7-12(20-14)15(23)21-13(9-22)11-5-2-1-3-6-11/h1-8,13,22H,9-10H2,(H,21,23). The van der Waals surface area contributed by atoms with E-state index >= 15 is 0 Å². The van der Waals surface area contributed by atoms with Crippen molar-refractivity contribution in [1.29, 1.82) is 0 Å². The van der Waals surface area contributed by atoms with Gasteiger partial charge >= 0.3 is 6.18 Å². The molecular formula is C16H15F3N2O3. The Bertz CT molecular complexity index is 678. The summed E-state index contributed by atoms with van der Waals surface area (Å²) in [7, 11) is 0. The molecule has 0 aliphatic heterocycles. The molecule has 0 bridgehead atoms. The van der Waals surface area contributed by atoms with Crippen LogP contribution in [-0.4, -0.2) is 35.4 Å². The highest BCUT2D eigenvalue weighted by molar-refractivity contribution is 5.92. The van der Waals surface area contributed by atoms with Gasteiger partial charge in [-0.2, -0.15) is 13.2 Å². The number of aliphatic hydroxyl groups is 1. The SMILES string of the molecule is O=C(NC(CO)c1ccccc1)c1cccc(OCC(F)(F)F)n1. The number of halogens is 3. The van der Waals surface area contributed by atoms with Crippen molar-refractivity contribution >= 4 is 5.91 Å². The molecule has 2 rings (SSSR count). The Morgan fingerprint density at radius 1 is 1.17 bits per heavy atom. The molecule has 0 radical (unpaired) electrons. The topological polar surface area (TPSA) is 71.5 Å². The van der Waals surface area contributed by atoms with E-state index in [1.807, 2.05) is 0 Å². The average molecular weight is 340 g/mol. The van der Waals surface area contributed by atoms with Crippen molar-refractivity contribution in [3.8, 4) is 5.88 Å². The number of carbonyl (C=O) groups is 1. The number of nitrogens with one attached hydrogen (secondary N) is 1. The highest BCUT2D eigenvalue weighted by Gasteiger charge is 2.28. The van der Waals surface area contributed by atoms with E-state index in [0.29, 0.717) is 5.56 Å². The van der Waals surface area contributed by atoms with E-state index in [9.17, 15) is 23.1 Å². The highest BCUT2D eigenvalue weighted by Crippen LogP contribution is 2.18. The van der Waals surface area contributed by atoms with Gasteiger partial charge in [-0.1, -0.05) is 36.4 Å². The van der Waals surface area contributed by atoms with Crippen LogP contribution in [0.15, 0.2) is 48.5 Å². The maximum Gasteiger partial charge on any atom is 0.422 e. The number of alkyl halides is 3. The maximum absolute atomic E-state index is 12.2. The molecule has 2 aromatic rings. The fourth-order valence-corrected chi connectivity index (χ4v) is 1.93. The zero-order valence-corrected chi connectivity index (χ0v) is 12.5. The number of amides is 1. The van der Waals surface area contributed by atoms with Crippen molar-refractivity contribution < 1.29 is 27.8 Å². The van der Waals surface area contributed by atoms with Gasteiger partial charge in [-0.25, -0.2) is 4.98 Å². The zero-order chi connectivity index (χ0) is 17.6. The summed E-state index contributed by atoms with van der Waals surface area (Å²) in [5.74, 6) is -0.935. The summed E-state index contributed by atoms with van der Waals surface area (Å²) in [6.45, 7) is -1.83. The number of aromatic nitrogens is 1. The summed E-state index contributed by atoms with van der Waals surface area (Å²) in [6, 6.07) is 12.1. The van der Waals surface area contributed by atoms with E-state index in [2.05, 4.69) is 15.0 Å². The number of carbonyl (C=O) groups excluding carboxylic acids is 1. The second-order valence-electron chi connectivity index (χ2n) is 4.88. The van der Waals surface area contributed by atoms with E-state index in [-0.39, 0.29) is 18.2 Å². The molecule has 1 amide bonds. The summed E-state index contributed by atoms with van der Waals surface area (Å²) in [5.41, 5.74) is 0.585. The van der Waals surface area contributed by atoms with Crippen molar-refractivity contribution in [2.24, 2.45) is 0 Å². The molecule has 128 valence electrons. The van der Waals surface area contributed by atoms with E-state index in [4.69, 9.17) is 0 Å². The number of benzene rings is 1. The lowest BCUT2D eigenvalue weighted by Crippen LogP contribution is -2.31. The fourth-order valence-electron chi connectivity index (χ4n) is 1.93. The van der Waals surface area contributed by atoms with Crippen molar-refractivity contribution in [3.05, 3.63) is 59.8 Å². The van der Waals surface area contributed by atoms with Gasteiger partial charge in [-0.15, -0.1) is 0 Å². The molecule has 0 spiro atoms. The average Bonchev–Trinajstić information content (AvgIpc) is 2.58. The Balaban J connectivity index is 2.06. The third-order valence-electron chi connectivity index (χ3n) is 3.03. The molecule has 2 N–H and O–H groups in total. The number of rotatable bonds is 6. The number of hydrogen-bond donors (Lipinski definition) is 2. The first-order valence-corrected chi connectivity index (χ1v) is 7.02. The summed E-state index contributed by atoms with van der Waals surface area (Å²) in [5, 5.41) is 12.0. The Kier molecular flexibility index (Phi) is 5.75. The molecule has 1 aromatic heterocycles. The Hall–Kier alpha value is -2.61. The minimum Gasteiger partial charge on any atom is -0.468 e. The molecular weight excluding hydrogens is 325 g/mol. The van der Waals surface area contributed by atoms with Crippen LogP contribution in [0.4, 0.5) is 13.2 Å². The van der Waals surface area contributed by atoms with Crippen molar-refractivity contribution in [2.75, 3.05) is 13.2 Å². The molecule has 1 atom stereocenters. The van der Waals surface area contributed by atoms with Crippen LogP contribution in [0, 0.1) is 0 Å². The predicted octanol–water partition coefficient (Wildman–Crippen LogP) is 2.49. The first kappa shape index (κ1) is 17.7. The van der Waals surface area contributed by atoms with Crippen LogP contribution in [0.1, 0.15) is 22.1 Å². The lowest BCUT2D eigenvalue weighted by molar-refractivity contribution is -0.154. The molecule has 0 fully saturated rings. The lowest BCUT2D eigenvalue weighted by atomic mass is 10.1. The van der Waals surface area contributed by atoms with Gasteiger partial charge in [0.25, 0.3) is 5.91 Å². The molecule has 0 aliphatic rings. The zero-order valence-electron chi connectivity index (χ0n) is 12.5. The Morgan fingerprint density at radius 3 is 2.50 bits per heavy atom. The van der Waals surface area contributed by atoms with Crippen LogP contribution in [-0.2, 0) is 0 Å². The van der Waals surface area contributed by atoms with Crippen LogP contribution >= 0.6 is 0 Å². The third-order valence-corrected chi connectivity index (χ3v) is 3.03. The minimum absolute atomic E-state index is 0.107. The quantitative estimate of drug-likeness (QED) is 0.848. The Labute approximate surface area is 136 Å². The molecule has 24 heavy (non-hydrogen) atoms. The smallest absolute Gasteiger partial charge is 0.422 e. The fraction of sp³-hybridized carbons (Fsp3) is 0.250. The number of pyridine rings is 1. The molecule has 8 heteroatoms. The largest absolute Gasteiger partial charge is 0.468 e. The van der Waals surface area contributed by atoms with E-state index in [1.54, 1.807) is 30.3 Å². The van der Waals surface area contributed by atoms with Gasteiger partial charge in [0.05, 0.1) is 12.6 Å². The van der Waals surface area contributed by atoms with Crippen LogP contribution in [0.2, 0.25) is 0 Å². The lowest BCUT2D eigenvalue weighted by Gasteiger charge is -2.16. The van der Waals surface area contributed by atoms with E-state index < -0.39 is 24.7 Å². The molecule has 1 unspecified atom stereocenters. The van der Waals surface area contributed by atoms with Crippen LogP contribution in [0.25, 0.3) is 0 Å². The number of ether oxygens (including phenoxy) is 1. The summed E-state index contributed by atoms with van der Waals surface area (Å²) in [4.78, 5) is 15.9. The highest BCUT2D eigenvalue weighted by atomic mass is 19.4. The summed E-state index contributed by atoms with van der Waals surface area (Å²) >= 11 is 0. The van der Waals surface area contributed by atoms with Crippen LogP contribution in [0.5, 0.6) is 5.88 Å². The van der Waals surface area contributed by atoms with E-state index in [1.165, 1.54) is 18.2 Å². The number of nitrogens with zero attached hydrogens (tertiary/aromatic N) is 1. The second kappa shape index (κ2) is 7.78. The second-order valence-corrected chi connectivity index (χ2v) is 4.88. The first-order valence-electron chi connectivity index (χ1n) is 7.02. The molecule has 5 nitrogen and oxygen atoms in total. The predicted molar refractivity (Wildman–Crippen MR) is 79.5 cm³/mol. The molecule has 0 saturated carbocycles. The number of aliphatic hydroxyl groups excluding tert-OH is 1. The molecule has 1 heterocycles. The van der Waals surface area contributed by atoms with Gasteiger partial charge in [0, 0.05) is 6.07 Å². The van der Waals surface area contributed by atoms with E-state index in [0.717, 1.165) is 0 Å². The van der Waals surface area contributed by atoms with Crippen LogP contribution in [0.3, 0.4) is 0 Å². The number of hydrogen-bond acceptors (Lipinski definition) is 4. The van der Waals surface area contributed by atoms with Gasteiger partial charge in [0.2, 0.25) is 5.88 Å². The summed E-state index contributed by atoms with van der Waals surface area (Å²) < 4.78 is 40.9. The van der Waals surface area contributed by atoms with Gasteiger partial charge in [0.15, 0.2) is 6.61 Å². The molecule has 0 saturated heterocycles. The summed E-state index contributed by atoms with van der Waals surface area (Å²) in [6.07, 6.45) is -4.49. The van der Waals surface area contributed by atoms with Gasteiger partial charge in [-0.3, -0.25) is 4.79 Å². The van der Waals surface area contributed by atoms with Gasteiger partial charge in [-0.05, 0) is 11.6 Å². The van der Waals surface area contributed by atoms with Crippen molar-refractivity contribution in [1.82, 2.24) is 10.3 Å². The third kappa shape index (κ3) is 5.24. The first-order chi connectivity index (χ1) is 11.4. The minimum atomic E-state index is -4.49.